The van der Waals surface area contributed by atoms with Crippen LogP contribution in [0, 0.1) is 17.8 Å². The summed E-state index contributed by atoms with van der Waals surface area (Å²) in [6, 6.07) is 0.234. The summed E-state index contributed by atoms with van der Waals surface area (Å²) in [6.45, 7) is 2.83. The van der Waals surface area contributed by atoms with Crippen LogP contribution >= 0.6 is 0 Å². The third-order valence-corrected chi connectivity index (χ3v) is 4.69. The van der Waals surface area contributed by atoms with E-state index in [0.29, 0.717) is 5.92 Å². The Balaban J connectivity index is 1.61. The second-order valence-electron chi connectivity index (χ2n) is 5.95. The molecule has 0 saturated heterocycles. The molecule has 3 heteroatoms. The third-order valence-electron chi connectivity index (χ3n) is 4.69. The molecule has 1 amide bonds. The summed E-state index contributed by atoms with van der Waals surface area (Å²) in [5, 5.41) is 3.02. The SMILES string of the molecule is CCC(N)CCNC(=O)CC1CC2CCC1C2. The first-order valence-electron chi connectivity index (χ1n) is 7.21. The molecule has 98 valence electrons. The Labute approximate surface area is 105 Å². The maximum Gasteiger partial charge on any atom is 0.220 e. The van der Waals surface area contributed by atoms with E-state index >= 15 is 0 Å². The van der Waals surface area contributed by atoms with Gasteiger partial charge < -0.3 is 11.1 Å². The molecule has 2 bridgehead atoms. The first-order chi connectivity index (χ1) is 8.19. The fourth-order valence-electron chi connectivity index (χ4n) is 3.54. The van der Waals surface area contributed by atoms with Crippen molar-refractivity contribution in [1.82, 2.24) is 5.32 Å². The van der Waals surface area contributed by atoms with Crippen LogP contribution in [0.2, 0.25) is 0 Å². The van der Waals surface area contributed by atoms with Crippen molar-refractivity contribution < 1.29 is 4.79 Å². The number of hydrogen-bond donors (Lipinski definition) is 2. The van der Waals surface area contributed by atoms with Crippen molar-refractivity contribution in [1.29, 1.82) is 0 Å². The van der Waals surface area contributed by atoms with E-state index in [1.54, 1.807) is 0 Å². The molecule has 2 aliphatic rings. The van der Waals surface area contributed by atoms with Crippen molar-refractivity contribution in [3.63, 3.8) is 0 Å². The molecule has 2 rings (SSSR count). The number of rotatable bonds is 6. The first-order valence-corrected chi connectivity index (χ1v) is 7.21. The van der Waals surface area contributed by atoms with Gasteiger partial charge in [0.1, 0.15) is 0 Å². The molecule has 0 radical (unpaired) electrons. The normalized spacial score (nSPS) is 32.7. The van der Waals surface area contributed by atoms with Crippen LogP contribution in [0.1, 0.15) is 51.9 Å². The maximum atomic E-state index is 11.8. The summed E-state index contributed by atoms with van der Waals surface area (Å²) >= 11 is 0. The lowest BCUT2D eigenvalue weighted by Crippen LogP contribution is -2.31. The Morgan fingerprint density at radius 1 is 1.41 bits per heavy atom. The predicted octanol–water partition coefficient (Wildman–Crippen LogP) is 2.06. The standard InChI is InChI=1S/C14H26N2O/c1-2-13(15)5-6-16-14(17)9-12-8-10-3-4-11(12)7-10/h10-13H,2-9,15H2,1H3,(H,16,17). The van der Waals surface area contributed by atoms with E-state index in [9.17, 15) is 4.79 Å². The summed E-state index contributed by atoms with van der Waals surface area (Å²) in [5.41, 5.74) is 5.82. The van der Waals surface area contributed by atoms with Gasteiger partial charge in [-0.15, -0.1) is 0 Å². The maximum absolute atomic E-state index is 11.8. The Morgan fingerprint density at radius 2 is 2.24 bits per heavy atom. The van der Waals surface area contributed by atoms with E-state index in [2.05, 4.69) is 12.2 Å². The zero-order chi connectivity index (χ0) is 12.3. The monoisotopic (exact) mass is 238 g/mol. The predicted molar refractivity (Wildman–Crippen MR) is 69.4 cm³/mol. The highest BCUT2D eigenvalue weighted by atomic mass is 16.1. The van der Waals surface area contributed by atoms with E-state index in [1.165, 1.54) is 25.7 Å². The van der Waals surface area contributed by atoms with E-state index in [4.69, 9.17) is 5.73 Å². The van der Waals surface area contributed by atoms with Crippen LogP contribution < -0.4 is 11.1 Å². The highest BCUT2D eigenvalue weighted by Crippen LogP contribution is 2.49. The van der Waals surface area contributed by atoms with Crippen LogP contribution in [0.3, 0.4) is 0 Å². The quantitative estimate of drug-likeness (QED) is 0.744. The minimum atomic E-state index is 0.234. The van der Waals surface area contributed by atoms with Crippen molar-refractivity contribution in [3.8, 4) is 0 Å². The molecule has 4 unspecified atom stereocenters. The molecular weight excluding hydrogens is 212 g/mol. The number of hydrogen-bond acceptors (Lipinski definition) is 2. The molecular formula is C14H26N2O. The Morgan fingerprint density at radius 3 is 2.82 bits per heavy atom. The van der Waals surface area contributed by atoms with E-state index in [0.717, 1.165) is 37.6 Å². The summed E-state index contributed by atoms with van der Waals surface area (Å²) < 4.78 is 0. The van der Waals surface area contributed by atoms with E-state index in [-0.39, 0.29) is 11.9 Å². The number of nitrogens with one attached hydrogen (secondary N) is 1. The highest BCUT2D eigenvalue weighted by Gasteiger charge is 2.39. The Bertz CT molecular complexity index is 267. The van der Waals surface area contributed by atoms with Crippen molar-refractivity contribution in [3.05, 3.63) is 0 Å². The van der Waals surface area contributed by atoms with Gasteiger partial charge >= 0.3 is 0 Å². The molecule has 0 heterocycles. The lowest BCUT2D eigenvalue weighted by atomic mass is 9.86. The molecule has 2 saturated carbocycles. The number of carbonyl (C=O) groups is 1. The largest absolute Gasteiger partial charge is 0.356 e. The minimum absolute atomic E-state index is 0.234. The van der Waals surface area contributed by atoms with Crippen LogP contribution in [0.25, 0.3) is 0 Å². The molecule has 2 aliphatic carbocycles. The molecule has 0 aliphatic heterocycles. The number of nitrogens with two attached hydrogens (primary N) is 1. The second-order valence-corrected chi connectivity index (χ2v) is 5.95. The van der Waals surface area contributed by atoms with Crippen molar-refractivity contribution in [2.45, 2.75) is 57.9 Å². The van der Waals surface area contributed by atoms with Gasteiger partial charge in [0.05, 0.1) is 0 Å². The molecule has 0 spiro atoms. The summed E-state index contributed by atoms with van der Waals surface area (Å²) in [4.78, 5) is 11.8. The highest BCUT2D eigenvalue weighted by molar-refractivity contribution is 5.76. The average molecular weight is 238 g/mol. The van der Waals surface area contributed by atoms with Crippen molar-refractivity contribution in [2.24, 2.45) is 23.5 Å². The van der Waals surface area contributed by atoms with Gasteiger partial charge in [0.15, 0.2) is 0 Å². The zero-order valence-corrected chi connectivity index (χ0v) is 11.0. The molecule has 4 atom stereocenters. The van der Waals surface area contributed by atoms with Gasteiger partial charge in [0.2, 0.25) is 5.91 Å². The van der Waals surface area contributed by atoms with Gasteiger partial charge in [-0.1, -0.05) is 13.3 Å². The van der Waals surface area contributed by atoms with Gasteiger partial charge in [0.25, 0.3) is 0 Å². The van der Waals surface area contributed by atoms with E-state index in [1.807, 2.05) is 0 Å². The van der Waals surface area contributed by atoms with Crippen LogP contribution in [0.15, 0.2) is 0 Å². The van der Waals surface area contributed by atoms with Crippen LogP contribution in [-0.2, 0) is 4.79 Å². The first kappa shape index (κ1) is 12.9. The third kappa shape index (κ3) is 3.44. The summed E-state index contributed by atoms with van der Waals surface area (Å²) in [5.74, 6) is 2.70. The molecule has 17 heavy (non-hydrogen) atoms. The van der Waals surface area contributed by atoms with Gasteiger partial charge in [-0.05, 0) is 49.9 Å². The fraction of sp³-hybridized carbons (Fsp3) is 0.929. The van der Waals surface area contributed by atoms with Crippen molar-refractivity contribution >= 4 is 5.91 Å². The zero-order valence-electron chi connectivity index (χ0n) is 11.0. The van der Waals surface area contributed by atoms with Gasteiger partial charge in [0, 0.05) is 19.0 Å². The van der Waals surface area contributed by atoms with Gasteiger partial charge in [-0.25, -0.2) is 0 Å². The molecule has 3 nitrogen and oxygen atoms in total. The molecule has 0 aromatic heterocycles. The van der Waals surface area contributed by atoms with E-state index < -0.39 is 0 Å². The average Bonchev–Trinajstić information content (AvgIpc) is 2.90. The Hall–Kier alpha value is -0.570. The smallest absolute Gasteiger partial charge is 0.220 e. The molecule has 0 aromatic rings. The molecule has 2 fully saturated rings. The minimum Gasteiger partial charge on any atom is -0.356 e. The summed E-state index contributed by atoms with van der Waals surface area (Å²) in [7, 11) is 0. The molecule has 0 aromatic carbocycles. The Kier molecular flexibility index (Phi) is 4.43. The number of amides is 1. The van der Waals surface area contributed by atoms with Gasteiger partial charge in [-0.3, -0.25) is 4.79 Å². The van der Waals surface area contributed by atoms with Crippen LogP contribution in [-0.4, -0.2) is 18.5 Å². The van der Waals surface area contributed by atoms with Crippen molar-refractivity contribution in [2.75, 3.05) is 6.54 Å². The topological polar surface area (TPSA) is 55.1 Å². The van der Waals surface area contributed by atoms with Gasteiger partial charge in [-0.2, -0.15) is 0 Å². The summed E-state index contributed by atoms with van der Waals surface area (Å²) in [6.07, 6.45) is 8.10. The van der Waals surface area contributed by atoms with Crippen LogP contribution in [0.5, 0.6) is 0 Å². The lowest BCUT2D eigenvalue weighted by molar-refractivity contribution is -0.122. The van der Waals surface area contributed by atoms with Crippen LogP contribution in [0.4, 0.5) is 0 Å². The lowest BCUT2D eigenvalue weighted by Gasteiger charge is -2.21. The fourth-order valence-corrected chi connectivity index (χ4v) is 3.54. The number of fused-ring (bicyclic) bond motifs is 2. The second kappa shape index (κ2) is 5.85. The number of carbonyl (C=O) groups excluding carboxylic acids is 1. The molecule has 3 N–H and O–H groups in total.